The van der Waals surface area contributed by atoms with Crippen LogP contribution in [0, 0.1) is 0 Å². The molecule has 0 aliphatic carbocycles. The Hall–Kier alpha value is -1.93. The minimum absolute atomic E-state index is 0.190. The summed E-state index contributed by atoms with van der Waals surface area (Å²) < 4.78 is 5.33. The summed E-state index contributed by atoms with van der Waals surface area (Å²) in [7, 11) is 0. The molecule has 1 saturated heterocycles. The summed E-state index contributed by atoms with van der Waals surface area (Å²) in [6, 6.07) is 0.349. The van der Waals surface area contributed by atoms with Crippen molar-refractivity contribution in [3.05, 3.63) is 16.6 Å². The van der Waals surface area contributed by atoms with E-state index in [9.17, 15) is 4.79 Å². The molecule has 1 atom stereocenters. The van der Waals surface area contributed by atoms with E-state index in [1.807, 2.05) is 0 Å². The fraction of sp³-hybridized carbons (Fsp3) is 0.583. The Morgan fingerprint density at radius 3 is 3.10 bits per heavy atom. The molecule has 3 N–H and O–H groups in total. The van der Waals surface area contributed by atoms with Crippen LogP contribution in [-0.2, 0) is 4.74 Å². The number of hydrogen-bond acceptors (Lipinski definition) is 6. The molecule has 2 aromatic rings. The van der Waals surface area contributed by atoms with Crippen LogP contribution in [0.5, 0.6) is 0 Å². The number of anilines is 1. The van der Waals surface area contributed by atoms with Crippen molar-refractivity contribution in [2.45, 2.75) is 13.0 Å². The third-order valence-corrected chi connectivity index (χ3v) is 3.55. The molecule has 1 aliphatic heterocycles. The van der Waals surface area contributed by atoms with E-state index in [2.05, 4.69) is 37.3 Å². The Morgan fingerprint density at radius 2 is 2.30 bits per heavy atom. The van der Waals surface area contributed by atoms with Gasteiger partial charge in [-0.2, -0.15) is 10.1 Å². The van der Waals surface area contributed by atoms with Gasteiger partial charge in [-0.15, -0.1) is 0 Å². The highest BCUT2D eigenvalue weighted by Crippen LogP contribution is 2.06. The van der Waals surface area contributed by atoms with E-state index >= 15 is 0 Å². The first kappa shape index (κ1) is 13.1. The predicted molar refractivity (Wildman–Crippen MR) is 74.9 cm³/mol. The van der Waals surface area contributed by atoms with Crippen LogP contribution in [0.15, 0.2) is 11.0 Å². The standard InChI is InChI=1S/C12H18N6O2/c1-8(18-2-4-20-5-3-18)6-13-12-15-10-9(7-14-17-10)11(19)16-12/h7-8H,2-6H2,1H3,(H3,13,14,15,16,17,19). The summed E-state index contributed by atoms with van der Waals surface area (Å²) in [6.45, 7) is 6.28. The third-order valence-electron chi connectivity index (χ3n) is 3.55. The van der Waals surface area contributed by atoms with Crippen molar-refractivity contribution in [3.8, 4) is 0 Å². The fourth-order valence-corrected chi connectivity index (χ4v) is 2.32. The summed E-state index contributed by atoms with van der Waals surface area (Å²) in [5, 5.41) is 10.2. The number of nitrogens with one attached hydrogen (secondary N) is 3. The molecular formula is C12H18N6O2. The van der Waals surface area contributed by atoms with Gasteiger partial charge < -0.3 is 10.1 Å². The molecule has 8 heteroatoms. The lowest BCUT2D eigenvalue weighted by Gasteiger charge is -2.32. The first-order valence-corrected chi connectivity index (χ1v) is 6.73. The van der Waals surface area contributed by atoms with Crippen molar-refractivity contribution in [3.63, 3.8) is 0 Å². The van der Waals surface area contributed by atoms with Crippen molar-refractivity contribution in [1.82, 2.24) is 25.1 Å². The second-order valence-corrected chi connectivity index (χ2v) is 4.93. The van der Waals surface area contributed by atoms with Crippen LogP contribution in [0.1, 0.15) is 6.92 Å². The number of H-pyrrole nitrogens is 2. The zero-order valence-corrected chi connectivity index (χ0v) is 11.3. The highest BCUT2D eigenvalue weighted by Gasteiger charge is 2.17. The number of nitrogens with zero attached hydrogens (tertiary/aromatic N) is 3. The number of rotatable bonds is 4. The molecule has 3 rings (SSSR count). The average molecular weight is 278 g/mol. The summed E-state index contributed by atoms with van der Waals surface area (Å²) >= 11 is 0. The molecule has 0 bridgehead atoms. The smallest absolute Gasteiger partial charge is 0.263 e. The van der Waals surface area contributed by atoms with Gasteiger partial charge in [-0.25, -0.2) is 0 Å². The molecule has 108 valence electrons. The summed E-state index contributed by atoms with van der Waals surface area (Å²) in [5.74, 6) is 0.465. The van der Waals surface area contributed by atoms with Crippen LogP contribution >= 0.6 is 0 Å². The summed E-state index contributed by atoms with van der Waals surface area (Å²) in [5.41, 5.74) is 0.306. The number of morpholine rings is 1. The van der Waals surface area contributed by atoms with Gasteiger partial charge in [0.15, 0.2) is 5.65 Å². The quantitative estimate of drug-likeness (QED) is 0.715. The Kier molecular flexibility index (Phi) is 3.66. The van der Waals surface area contributed by atoms with E-state index in [0.717, 1.165) is 26.3 Å². The van der Waals surface area contributed by atoms with Gasteiger partial charge in [0.2, 0.25) is 5.95 Å². The lowest BCUT2D eigenvalue weighted by molar-refractivity contribution is 0.0227. The van der Waals surface area contributed by atoms with Gasteiger partial charge >= 0.3 is 0 Å². The molecule has 0 spiro atoms. The molecule has 0 radical (unpaired) electrons. The van der Waals surface area contributed by atoms with Crippen molar-refractivity contribution in [2.24, 2.45) is 0 Å². The molecule has 0 aromatic carbocycles. The molecule has 1 aliphatic rings. The largest absolute Gasteiger partial charge is 0.379 e. The van der Waals surface area contributed by atoms with Crippen molar-refractivity contribution < 1.29 is 4.74 Å². The number of fused-ring (bicyclic) bond motifs is 1. The zero-order valence-electron chi connectivity index (χ0n) is 11.3. The zero-order chi connectivity index (χ0) is 13.9. The highest BCUT2D eigenvalue weighted by molar-refractivity contribution is 5.73. The monoisotopic (exact) mass is 278 g/mol. The van der Waals surface area contributed by atoms with Gasteiger partial charge in [0.1, 0.15) is 5.39 Å². The first-order valence-electron chi connectivity index (χ1n) is 6.73. The maximum absolute atomic E-state index is 11.8. The highest BCUT2D eigenvalue weighted by atomic mass is 16.5. The Morgan fingerprint density at radius 1 is 1.50 bits per heavy atom. The maximum atomic E-state index is 11.8. The molecule has 1 fully saturated rings. The molecule has 0 saturated carbocycles. The number of aromatic amines is 2. The van der Waals surface area contributed by atoms with Crippen LogP contribution in [0.25, 0.3) is 11.0 Å². The van der Waals surface area contributed by atoms with Gasteiger partial charge in [-0.1, -0.05) is 0 Å². The van der Waals surface area contributed by atoms with Gasteiger partial charge in [-0.05, 0) is 6.92 Å². The average Bonchev–Trinajstić information content (AvgIpc) is 2.94. The topological polar surface area (TPSA) is 98.9 Å². The van der Waals surface area contributed by atoms with Crippen LogP contribution < -0.4 is 10.9 Å². The van der Waals surface area contributed by atoms with Crippen molar-refractivity contribution in [1.29, 1.82) is 0 Å². The lowest BCUT2D eigenvalue weighted by atomic mass is 10.2. The van der Waals surface area contributed by atoms with Gasteiger partial charge in [0.25, 0.3) is 5.56 Å². The number of aromatic nitrogens is 4. The van der Waals surface area contributed by atoms with E-state index in [1.54, 1.807) is 0 Å². The molecule has 0 amide bonds. The molecule has 1 unspecified atom stereocenters. The fourth-order valence-electron chi connectivity index (χ4n) is 2.32. The number of ether oxygens (including phenoxy) is 1. The van der Waals surface area contributed by atoms with Gasteiger partial charge in [-0.3, -0.25) is 19.8 Å². The van der Waals surface area contributed by atoms with Gasteiger partial charge in [0.05, 0.1) is 19.4 Å². The third kappa shape index (κ3) is 2.66. The minimum atomic E-state index is -0.190. The Bertz CT molecular complexity index is 630. The molecular weight excluding hydrogens is 260 g/mol. The normalized spacial score (nSPS) is 18.2. The van der Waals surface area contributed by atoms with E-state index in [1.165, 1.54) is 6.20 Å². The van der Waals surface area contributed by atoms with Crippen LogP contribution in [0.2, 0.25) is 0 Å². The van der Waals surface area contributed by atoms with Crippen molar-refractivity contribution in [2.75, 3.05) is 38.2 Å². The lowest BCUT2D eigenvalue weighted by Crippen LogP contribution is -2.45. The molecule has 3 heterocycles. The van der Waals surface area contributed by atoms with E-state index < -0.39 is 0 Å². The number of hydrogen-bond donors (Lipinski definition) is 3. The second kappa shape index (κ2) is 5.59. The van der Waals surface area contributed by atoms with Crippen molar-refractivity contribution >= 4 is 17.0 Å². The SMILES string of the molecule is CC(CNc1nc2[nH]ncc2c(=O)[nH]1)N1CCOCC1. The predicted octanol–water partition coefficient (Wildman–Crippen LogP) is -0.221. The van der Waals surface area contributed by atoms with Crippen LogP contribution in [0.3, 0.4) is 0 Å². The van der Waals surface area contributed by atoms with Gasteiger partial charge in [0, 0.05) is 25.7 Å². The summed E-state index contributed by atoms with van der Waals surface area (Å²) in [4.78, 5) is 21.1. The van der Waals surface area contributed by atoms with Crippen LogP contribution in [-0.4, -0.2) is 64.0 Å². The summed E-state index contributed by atoms with van der Waals surface area (Å²) in [6.07, 6.45) is 1.47. The Balaban J connectivity index is 1.65. The van der Waals surface area contributed by atoms with E-state index in [4.69, 9.17) is 4.74 Å². The molecule has 20 heavy (non-hydrogen) atoms. The maximum Gasteiger partial charge on any atom is 0.263 e. The Labute approximate surface area is 115 Å². The second-order valence-electron chi connectivity index (χ2n) is 4.93. The minimum Gasteiger partial charge on any atom is -0.379 e. The van der Waals surface area contributed by atoms with E-state index in [0.29, 0.717) is 29.6 Å². The van der Waals surface area contributed by atoms with E-state index in [-0.39, 0.29) is 5.56 Å². The molecule has 8 nitrogen and oxygen atoms in total. The van der Waals surface area contributed by atoms with Crippen LogP contribution in [0.4, 0.5) is 5.95 Å². The molecule has 2 aromatic heterocycles. The first-order chi connectivity index (χ1) is 9.74.